The summed E-state index contributed by atoms with van der Waals surface area (Å²) in [7, 11) is 0. The molecule has 4 unspecified atom stereocenters. The van der Waals surface area contributed by atoms with Gasteiger partial charge in [0.05, 0.1) is 37.2 Å². The van der Waals surface area contributed by atoms with Gasteiger partial charge < -0.3 is 14.6 Å². The van der Waals surface area contributed by atoms with Crippen LogP contribution in [0.25, 0.3) is 0 Å². The standard InChI is InChI=1S/C14H28N2O3/c1-10-5-15(6-11(2)18-10)14(9-17)16-7-12(3)19-13(4)8-16/h10-14,17H,5-9H2,1-4H3. The SMILES string of the molecule is CC1CN(C(CO)N2CC(C)OC(C)C2)CC(C)O1. The Labute approximate surface area is 116 Å². The monoisotopic (exact) mass is 272 g/mol. The lowest BCUT2D eigenvalue weighted by atomic mass is 10.1. The van der Waals surface area contributed by atoms with Gasteiger partial charge in [-0.05, 0) is 27.7 Å². The van der Waals surface area contributed by atoms with E-state index in [1.807, 2.05) is 0 Å². The van der Waals surface area contributed by atoms with E-state index in [1.165, 1.54) is 0 Å². The summed E-state index contributed by atoms with van der Waals surface area (Å²) >= 11 is 0. The van der Waals surface area contributed by atoms with Crippen LogP contribution in [0, 0.1) is 0 Å². The number of nitrogens with zero attached hydrogens (tertiary/aromatic N) is 2. The predicted molar refractivity (Wildman–Crippen MR) is 74.0 cm³/mol. The van der Waals surface area contributed by atoms with Crippen LogP contribution in [0.2, 0.25) is 0 Å². The van der Waals surface area contributed by atoms with Crippen LogP contribution in [0.1, 0.15) is 27.7 Å². The topological polar surface area (TPSA) is 45.2 Å². The van der Waals surface area contributed by atoms with Crippen molar-refractivity contribution in [1.82, 2.24) is 9.80 Å². The summed E-state index contributed by atoms with van der Waals surface area (Å²) in [6.07, 6.45) is 1.01. The highest BCUT2D eigenvalue weighted by Crippen LogP contribution is 2.19. The van der Waals surface area contributed by atoms with Gasteiger partial charge in [0.25, 0.3) is 0 Å². The molecule has 2 aliphatic rings. The van der Waals surface area contributed by atoms with Crippen molar-refractivity contribution in [3.8, 4) is 0 Å². The molecule has 2 aliphatic heterocycles. The molecule has 1 N–H and O–H groups in total. The first-order valence-electron chi connectivity index (χ1n) is 7.39. The van der Waals surface area contributed by atoms with E-state index in [9.17, 15) is 5.11 Å². The van der Waals surface area contributed by atoms with Crippen LogP contribution >= 0.6 is 0 Å². The number of hydrogen-bond acceptors (Lipinski definition) is 5. The van der Waals surface area contributed by atoms with E-state index in [2.05, 4.69) is 37.5 Å². The molecule has 2 heterocycles. The second-order valence-corrected chi connectivity index (χ2v) is 6.09. The molecular formula is C14H28N2O3. The Morgan fingerprint density at radius 3 is 1.42 bits per heavy atom. The van der Waals surface area contributed by atoms with E-state index in [0.29, 0.717) is 0 Å². The van der Waals surface area contributed by atoms with Crippen LogP contribution in [-0.4, -0.2) is 78.3 Å². The molecular weight excluding hydrogens is 244 g/mol. The second-order valence-electron chi connectivity index (χ2n) is 6.09. The Kier molecular flexibility index (Phi) is 5.20. The second kappa shape index (κ2) is 6.50. The molecule has 5 heteroatoms. The summed E-state index contributed by atoms with van der Waals surface area (Å²) in [6, 6.07) is 0. The lowest BCUT2D eigenvalue weighted by molar-refractivity contribution is -0.146. The van der Waals surface area contributed by atoms with Gasteiger partial charge in [0, 0.05) is 26.2 Å². The third-order valence-corrected chi connectivity index (χ3v) is 3.90. The maximum Gasteiger partial charge on any atom is 0.0864 e. The fourth-order valence-corrected chi connectivity index (χ4v) is 3.38. The van der Waals surface area contributed by atoms with Gasteiger partial charge in [-0.3, -0.25) is 9.80 Å². The first kappa shape index (κ1) is 15.2. The summed E-state index contributed by atoms with van der Waals surface area (Å²) in [5, 5.41) is 9.81. The zero-order chi connectivity index (χ0) is 14.0. The van der Waals surface area contributed by atoms with Crippen molar-refractivity contribution in [2.24, 2.45) is 0 Å². The minimum atomic E-state index is 0.0857. The molecule has 19 heavy (non-hydrogen) atoms. The minimum absolute atomic E-state index is 0.0857. The summed E-state index contributed by atoms with van der Waals surface area (Å²) in [5.41, 5.74) is 0. The number of morpholine rings is 2. The van der Waals surface area contributed by atoms with Gasteiger partial charge in [0.1, 0.15) is 0 Å². The Bertz CT molecular complexity index is 244. The molecule has 2 saturated heterocycles. The molecule has 0 aromatic heterocycles. The van der Waals surface area contributed by atoms with E-state index in [1.54, 1.807) is 0 Å². The first-order valence-corrected chi connectivity index (χ1v) is 7.39. The fourth-order valence-electron chi connectivity index (χ4n) is 3.38. The highest BCUT2D eigenvalue weighted by molar-refractivity contribution is 4.84. The predicted octanol–water partition coefficient (Wildman–Crippen LogP) is 0.523. The average Bonchev–Trinajstić information content (AvgIpc) is 2.27. The maximum atomic E-state index is 9.81. The van der Waals surface area contributed by atoms with E-state index in [0.717, 1.165) is 26.2 Å². The highest BCUT2D eigenvalue weighted by Gasteiger charge is 2.34. The van der Waals surface area contributed by atoms with Crippen LogP contribution in [0.4, 0.5) is 0 Å². The van der Waals surface area contributed by atoms with E-state index in [4.69, 9.17) is 9.47 Å². The average molecular weight is 272 g/mol. The van der Waals surface area contributed by atoms with Gasteiger partial charge in [-0.2, -0.15) is 0 Å². The highest BCUT2D eigenvalue weighted by atomic mass is 16.5. The fraction of sp³-hybridized carbons (Fsp3) is 1.00. The van der Waals surface area contributed by atoms with Gasteiger partial charge >= 0.3 is 0 Å². The number of rotatable bonds is 3. The van der Waals surface area contributed by atoms with Crippen LogP contribution in [0.15, 0.2) is 0 Å². The van der Waals surface area contributed by atoms with Gasteiger partial charge in [-0.25, -0.2) is 0 Å². The molecule has 0 bridgehead atoms. The third-order valence-electron chi connectivity index (χ3n) is 3.90. The van der Waals surface area contributed by atoms with Crippen molar-refractivity contribution in [1.29, 1.82) is 0 Å². The van der Waals surface area contributed by atoms with Crippen LogP contribution in [-0.2, 0) is 9.47 Å². The lowest BCUT2D eigenvalue weighted by Gasteiger charge is -2.47. The minimum Gasteiger partial charge on any atom is -0.393 e. The molecule has 5 nitrogen and oxygen atoms in total. The van der Waals surface area contributed by atoms with Crippen LogP contribution in [0.5, 0.6) is 0 Å². The molecule has 2 fully saturated rings. The number of aliphatic hydroxyl groups is 1. The molecule has 112 valence electrons. The largest absolute Gasteiger partial charge is 0.393 e. The zero-order valence-electron chi connectivity index (χ0n) is 12.6. The molecule has 0 amide bonds. The number of ether oxygens (including phenoxy) is 2. The summed E-state index contributed by atoms with van der Waals surface area (Å²) in [5.74, 6) is 0. The Morgan fingerprint density at radius 2 is 1.16 bits per heavy atom. The Hall–Kier alpha value is -0.200. The molecule has 2 rings (SSSR count). The third kappa shape index (κ3) is 3.89. The van der Waals surface area contributed by atoms with Crippen molar-refractivity contribution in [2.75, 3.05) is 32.8 Å². The molecule has 0 aromatic rings. The van der Waals surface area contributed by atoms with Crippen molar-refractivity contribution >= 4 is 0 Å². The van der Waals surface area contributed by atoms with Crippen molar-refractivity contribution in [3.63, 3.8) is 0 Å². The first-order chi connectivity index (χ1) is 8.99. The van der Waals surface area contributed by atoms with Gasteiger partial charge in [-0.1, -0.05) is 0 Å². The lowest BCUT2D eigenvalue weighted by Crippen LogP contribution is -2.61. The Morgan fingerprint density at radius 1 is 0.842 bits per heavy atom. The van der Waals surface area contributed by atoms with Gasteiger partial charge in [-0.15, -0.1) is 0 Å². The molecule has 4 atom stereocenters. The Balaban J connectivity index is 2.02. The molecule has 0 aromatic carbocycles. The van der Waals surface area contributed by atoms with Crippen LogP contribution in [0.3, 0.4) is 0 Å². The van der Waals surface area contributed by atoms with Gasteiger partial charge in [0.15, 0.2) is 0 Å². The van der Waals surface area contributed by atoms with E-state index in [-0.39, 0.29) is 37.2 Å². The zero-order valence-corrected chi connectivity index (χ0v) is 12.6. The molecule has 0 saturated carbocycles. The number of aliphatic hydroxyl groups excluding tert-OH is 1. The van der Waals surface area contributed by atoms with Crippen molar-refractivity contribution < 1.29 is 14.6 Å². The van der Waals surface area contributed by atoms with Gasteiger partial charge in [0.2, 0.25) is 0 Å². The van der Waals surface area contributed by atoms with Crippen LogP contribution < -0.4 is 0 Å². The number of hydrogen-bond donors (Lipinski definition) is 1. The quantitative estimate of drug-likeness (QED) is 0.812. The summed E-state index contributed by atoms with van der Waals surface area (Å²) in [4.78, 5) is 4.70. The van der Waals surface area contributed by atoms with E-state index < -0.39 is 0 Å². The molecule has 0 aliphatic carbocycles. The summed E-state index contributed by atoms with van der Waals surface area (Å²) in [6.45, 7) is 12.1. The smallest absolute Gasteiger partial charge is 0.0864 e. The summed E-state index contributed by atoms with van der Waals surface area (Å²) < 4.78 is 11.5. The van der Waals surface area contributed by atoms with E-state index >= 15 is 0 Å². The molecule has 0 spiro atoms. The van der Waals surface area contributed by atoms with Crippen molar-refractivity contribution in [2.45, 2.75) is 58.3 Å². The normalized spacial score (nSPS) is 40.3. The maximum absolute atomic E-state index is 9.81. The molecule has 0 radical (unpaired) electrons. The van der Waals surface area contributed by atoms with Crippen molar-refractivity contribution in [3.05, 3.63) is 0 Å².